The van der Waals surface area contributed by atoms with Gasteiger partial charge in [0.15, 0.2) is 0 Å². The SMILES string of the molecule is O=C(C1CC1)N(C1CC1)C1Cc2ccccc2C1. The van der Waals surface area contributed by atoms with Gasteiger partial charge < -0.3 is 4.90 Å². The van der Waals surface area contributed by atoms with Crippen LogP contribution in [0.15, 0.2) is 24.3 Å². The first-order valence-corrected chi connectivity index (χ1v) is 7.22. The number of benzene rings is 1. The van der Waals surface area contributed by atoms with E-state index in [0.29, 0.717) is 23.9 Å². The molecule has 0 aliphatic heterocycles. The predicted molar refractivity (Wildman–Crippen MR) is 70.2 cm³/mol. The van der Waals surface area contributed by atoms with Gasteiger partial charge in [-0.3, -0.25) is 4.79 Å². The molecule has 2 heteroatoms. The molecule has 2 saturated carbocycles. The highest BCUT2D eigenvalue weighted by molar-refractivity contribution is 5.82. The molecule has 18 heavy (non-hydrogen) atoms. The van der Waals surface area contributed by atoms with E-state index in [9.17, 15) is 4.79 Å². The molecule has 0 saturated heterocycles. The molecular formula is C16H19NO. The summed E-state index contributed by atoms with van der Waals surface area (Å²) in [6, 6.07) is 9.70. The number of nitrogens with zero attached hydrogens (tertiary/aromatic N) is 1. The molecule has 0 radical (unpaired) electrons. The molecule has 0 N–H and O–H groups in total. The minimum Gasteiger partial charge on any atom is -0.336 e. The average Bonchev–Trinajstić information content (AvgIpc) is 3.25. The number of rotatable bonds is 3. The molecule has 0 unspecified atom stereocenters. The highest BCUT2D eigenvalue weighted by Crippen LogP contribution is 2.39. The van der Waals surface area contributed by atoms with Crippen molar-refractivity contribution in [1.82, 2.24) is 4.90 Å². The molecule has 1 aromatic carbocycles. The van der Waals surface area contributed by atoms with Gasteiger partial charge in [-0.25, -0.2) is 0 Å². The minimum absolute atomic E-state index is 0.370. The van der Waals surface area contributed by atoms with Gasteiger partial charge in [-0.2, -0.15) is 0 Å². The first-order valence-electron chi connectivity index (χ1n) is 7.22. The van der Waals surface area contributed by atoms with Crippen molar-refractivity contribution in [3.8, 4) is 0 Å². The maximum atomic E-state index is 12.5. The van der Waals surface area contributed by atoms with Crippen molar-refractivity contribution < 1.29 is 4.79 Å². The lowest BCUT2D eigenvalue weighted by Crippen LogP contribution is -2.43. The van der Waals surface area contributed by atoms with Crippen LogP contribution in [0.1, 0.15) is 36.8 Å². The lowest BCUT2D eigenvalue weighted by Gasteiger charge is -2.29. The van der Waals surface area contributed by atoms with Crippen molar-refractivity contribution in [2.24, 2.45) is 5.92 Å². The van der Waals surface area contributed by atoms with E-state index in [1.54, 1.807) is 0 Å². The van der Waals surface area contributed by atoms with Crippen molar-refractivity contribution in [2.75, 3.05) is 0 Å². The van der Waals surface area contributed by atoms with Crippen LogP contribution in [-0.4, -0.2) is 22.9 Å². The van der Waals surface area contributed by atoms with Gasteiger partial charge in [0.05, 0.1) is 0 Å². The highest BCUT2D eigenvalue weighted by atomic mass is 16.2. The molecule has 2 fully saturated rings. The van der Waals surface area contributed by atoms with Gasteiger partial charge in [0.25, 0.3) is 0 Å². The maximum absolute atomic E-state index is 12.5. The van der Waals surface area contributed by atoms with Crippen LogP contribution in [0.3, 0.4) is 0 Å². The first-order chi connectivity index (χ1) is 8.83. The Kier molecular flexibility index (Phi) is 2.26. The van der Waals surface area contributed by atoms with Crippen molar-refractivity contribution in [3.63, 3.8) is 0 Å². The smallest absolute Gasteiger partial charge is 0.226 e. The Morgan fingerprint density at radius 2 is 1.56 bits per heavy atom. The van der Waals surface area contributed by atoms with Gasteiger partial charge >= 0.3 is 0 Å². The Labute approximate surface area is 108 Å². The number of fused-ring (bicyclic) bond motifs is 1. The number of carbonyl (C=O) groups excluding carboxylic acids is 1. The van der Waals surface area contributed by atoms with Crippen molar-refractivity contribution in [3.05, 3.63) is 35.4 Å². The zero-order valence-corrected chi connectivity index (χ0v) is 10.6. The Bertz CT molecular complexity index is 463. The van der Waals surface area contributed by atoms with Crippen LogP contribution in [0.5, 0.6) is 0 Å². The largest absolute Gasteiger partial charge is 0.336 e. The van der Waals surface area contributed by atoms with Crippen LogP contribution >= 0.6 is 0 Å². The van der Waals surface area contributed by atoms with Gasteiger partial charge in [0.2, 0.25) is 5.91 Å². The standard InChI is InChI=1S/C16H19NO/c18-16(11-5-6-11)17(14-7-8-14)15-9-12-3-1-2-4-13(12)10-15/h1-4,11,14-15H,5-10H2. The zero-order chi connectivity index (χ0) is 12.1. The first kappa shape index (κ1) is 10.6. The summed E-state index contributed by atoms with van der Waals surface area (Å²) in [6.07, 6.45) is 6.86. The lowest BCUT2D eigenvalue weighted by atomic mass is 10.1. The van der Waals surface area contributed by atoms with E-state index in [2.05, 4.69) is 29.2 Å². The van der Waals surface area contributed by atoms with E-state index < -0.39 is 0 Å². The molecule has 0 bridgehead atoms. The molecule has 0 atom stereocenters. The fourth-order valence-corrected chi connectivity index (χ4v) is 3.28. The summed E-state index contributed by atoms with van der Waals surface area (Å²) in [7, 11) is 0. The van der Waals surface area contributed by atoms with Gasteiger partial charge in [0, 0.05) is 18.0 Å². The minimum atomic E-state index is 0.370. The monoisotopic (exact) mass is 241 g/mol. The fourth-order valence-electron chi connectivity index (χ4n) is 3.28. The summed E-state index contributed by atoms with van der Waals surface area (Å²) >= 11 is 0. The van der Waals surface area contributed by atoms with Gasteiger partial charge in [-0.05, 0) is 49.7 Å². The third-order valence-corrected chi connectivity index (χ3v) is 4.54. The number of amides is 1. The van der Waals surface area contributed by atoms with Crippen LogP contribution in [-0.2, 0) is 17.6 Å². The van der Waals surface area contributed by atoms with Gasteiger partial charge in [0.1, 0.15) is 0 Å². The van der Waals surface area contributed by atoms with E-state index in [-0.39, 0.29) is 0 Å². The van der Waals surface area contributed by atoms with E-state index in [1.807, 2.05) is 0 Å². The molecule has 94 valence electrons. The number of hydrogen-bond acceptors (Lipinski definition) is 1. The highest BCUT2D eigenvalue weighted by Gasteiger charge is 2.44. The number of hydrogen-bond donors (Lipinski definition) is 0. The zero-order valence-electron chi connectivity index (χ0n) is 10.6. The van der Waals surface area contributed by atoms with Crippen molar-refractivity contribution >= 4 is 5.91 Å². The normalized spacial score (nSPS) is 22.9. The molecule has 2 nitrogen and oxygen atoms in total. The Morgan fingerprint density at radius 3 is 2.06 bits per heavy atom. The second-order valence-electron chi connectivity index (χ2n) is 6.08. The maximum Gasteiger partial charge on any atom is 0.226 e. The van der Waals surface area contributed by atoms with Crippen LogP contribution < -0.4 is 0 Å². The van der Waals surface area contributed by atoms with Crippen LogP contribution in [0.2, 0.25) is 0 Å². The Morgan fingerprint density at radius 1 is 0.944 bits per heavy atom. The van der Waals surface area contributed by atoms with Crippen LogP contribution in [0.25, 0.3) is 0 Å². The molecule has 3 aliphatic carbocycles. The lowest BCUT2D eigenvalue weighted by molar-refractivity contribution is -0.135. The molecule has 0 heterocycles. The third-order valence-electron chi connectivity index (χ3n) is 4.54. The number of carbonyl (C=O) groups is 1. The fraction of sp³-hybridized carbons (Fsp3) is 0.562. The van der Waals surface area contributed by atoms with E-state index in [0.717, 1.165) is 25.7 Å². The third kappa shape index (κ3) is 1.75. The summed E-state index contributed by atoms with van der Waals surface area (Å²) in [5, 5.41) is 0. The molecule has 3 aliphatic rings. The molecule has 4 rings (SSSR count). The predicted octanol–water partition coefficient (Wildman–Crippen LogP) is 2.55. The second kappa shape index (κ2) is 3.84. The molecule has 1 amide bonds. The van der Waals surface area contributed by atoms with Crippen LogP contribution in [0, 0.1) is 5.92 Å². The molecular weight excluding hydrogens is 222 g/mol. The Hall–Kier alpha value is -1.31. The molecule has 0 aromatic heterocycles. The van der Waals surface area contributed by atoms with Gasteiger partial charge in [-0.1, -0.05) is 24.3 Å². The summed E-state index contributed by atoms with van der Waals surface area (Å²) in [4.78, 5) is 14.7. The average molecular weight is 241 g/mol. The summed E-state index contributed by atoms with van der Waals surface area (Å²) in [6.45, 7) is 0. The van der Waals surface area contributed by atoms with E-state index in [1.165, 1.54) is 24.0 Å². The van der Waals surface area contributed by atoms with Gasteiger partial charge in [-0.15, -0.1) is 0 Å². The topological polar surface area (TPSA) is 20.3 Å². The Balaban J connectivity index is 1.57. The summed E-state index contributed by atoms with van der Waals surface area (Å²) in [5.41, 5.74) is 2.91. The second-order valence-corrected chi connectivity index (χ2v) is 6.08. The van der Waals surface area contributed by atoms with E-state index in [4.69, 9.17) is 0 Å². The quantitative estimate of drug-likeness (QED) is 0.796. The van der Waals surface area contributed by atoms with E-state index >= 15 is 0 Å². The molecule has 1 aromatic rings. The summed E-state index contributed by atoms with van der Waals surface area (Å²) in [5.74, 6) is 0.824. The van der Waals surface area contributed by atoms with Crippen LogP contribution in [0.4, 0.5) is 0 Å². The van der Waals surface area contributed by atoms with Crippen molar-refractivity contribution in [2.45, 2.75) is 50.6 Å². The summed E-state index contributed by atoms with van der Waals surface area (Å²) < 4.78 is 0. The molecule has 0 spiro atoms. The van der Waals surface area contributed by atoms with Crippen molar-refractivity contribution in [1.29, 1.82) is 0 Å².